The molecule has 2 N–H and O–H groups in total. The molecular formula is C13H16F2N2O3. The van der Waals surface area contributed by atoms with Gasteiger partial charge in [0.1, 0.15) is 5.82 Å². The molecule has 1 aromatic carbocycles. The third-order valence-electron chi connectivity index (χ3n) is 3.83. The molecular weight excluding hydrogens is 270 g/mol. The Morgan fingerprint density at radius 3 is 2.50 bits per heavy atom. The first-order chi connectivity index (χ1) is 9.47. The molecule has 1 aliphatic carbocycles. The van der Waals surface area contributed by atoms with Gasteiger partial charge in [-0.15, -0.1) is 0 Å². The zero-order valence-electron chi connectivity index (χ0n) is 10.9. The molecule has 0 bridgehead atoms. The summed E-state index contributed by atoms with van der Waals surface area (Å²) < 4.78 is 26.9. The van der Waals surface area contributed by atoms with Crippen LogP contribution in [-0.4, -0.2) is 22.2 Å². The number of benzene rings is 1. The van der Waals surface area contributed by atoms with Crippen LogP contribution in [0.2, 0.25) is 0 Å². The number of nitro benzene ring substituents is 1. The van der Waals surface area contributed by atoms with Crippen molar-refractivity contribution in [3.63, 3.8) is 0 Å². The molecule has 110 valence electrons. The quantitative estimate of drug-likeness (QED) is 0.643. The molecule has 20 heavy (non-hydrogen) atoms. The van der Waals surface area contributed by atoms with E-state index in [-0.39, 0.29) is 18.7 Å². The molecule has 0 radical (unpaired) electrons. The molecule has 0 unspecified atom stereocenters. The second-order valence-corrected chi connectivity index (χ2v) is 5.15. The van der Waals surface area contributed by atoms with Gasteiger partial charge in [0.2, 0.25) is 5.82 Å². The summed E-state index contributed by atoms with van der Waals surface area (Å²) in [6.07, 6.45) is 3.49. The van der Waals surface area contributed by atoms with Crippen LogP contribution in [0.15, 0.2) is 12.1 Å². The summed E-state index contributed by atoms with van der Waals surface area (Å²) in [4.78, 5) is 9.77. The Morgan fingerprint density at radius 1 is 1.30 bits per heavy atom. The molecule has 0 aliphatic heterocycles. The van der Waals surface area contributed by atoms with E-state index in [0.29, 0.717) is 6.07 Å². The minimum absolute atomic E-state index is 0.0213. The smallest absolute Gasteiger partial charge is 0.305 e. The van der Waals surface area contributed by atoms with Gasteiger partial charge in [0.15, 0.2) is 0 Å². The first-order valence-corrected chi connectivity index (χ1v) is 6.46. The largest absolute Gasteiger partial charge is 0.394 e. The summed E-state index contributed by atoms with van der Waals surface area (Å²) in [7, 11) is 0. The van der Waals surface area contributed by atoms with Crippen LogP contribution in [0.5, 0.6) is 0 Å². The van der Waals surface area contributed by atoms with Gasteiger partial charge in [0.05, 0.1) is 11.5 Å². The summed E-state index contributed by atoms with van der Waals surface area (Å²) in [6.45, 7) is -0.0502. The monoisotopic (exact) mass is 286 g/mol. The van der Waals surface area contributed by atoms with Gasteiger partial charge in [-0.1, -0.05) is 12.8 Å². The maximum Gasteiger partial charge on any atom is 0.305 e. The van der Waals surface area contributed by atoms with Crippen LogP contribution in [0.25, 0.3) is 0 Å². The van der Waals surface area contributed by atoms with E-state index in [0.717, 1.165) is 31.7 Å². The van der Waals surface area contributed by atoms with E-state index in [1.54, 1.807) is 0 Å². The van der Waals surface area contributed by atoms with E-state index < -0.39 is 27.8 Å². The van der Waals surface area contributed by atoms with Gasteiger partial charge in [0, 0.05) is 29.8 Å². The summed E-state index contributed by atoms with van der Waals surface area (Å²) in [5, 5.41) is 23.1. The van der Waals surface area contributed by atoms with Crippen LogP contribution in [0.3, 0.4) is 0 Å². The van der Waals surface area contributed by atoms with Crippen molar-refractivity contribution < 1.29 is 18.8 Å². The van der Waals surface area contributed by atoms with Crippen LogP contribution in [0, 0.1) is 21.7 Å². The normalized spacial score (nSPS) is 17.4. The second kappa shape index (κ2) is 5.80. The van der Waals surface area contributed by atoms with Crippen LogP contribution in [0.1, 0.15) is 31.2 Å². The predicted molar refractivity (Wildman–Crippen MR) is 68.1 cm³/mol. The topological polar surface area (TPSA) is 75.4 Å². The molecule has 7 heteroatoms. The zero-order chi connectivity index (χ0) is 14.8. The number of nitrogens with zero attached hydrogens (tertiary/aromatic N) is 1. The van der Waals surface area contributed by atoms with Gasteiger partial charge >= 0.3 is 5.69 Å². The fourth-order valence-corrected chi connectivity index (χ4v) is 2.58. The van der Waals surface area contributed by atoms with Crippen molar-refractivity contribution in [3.8, 4) is 0 Å². The average Bonchev–Trinajstić information content (AvgIpc) is 2.87. The minimum Gasteiger partial charge on any atom is -0.394 e. The number of nitrogens with one attached hydrogen (secondary N) is 1. The van der Waals surface area contributed by atoms with Gasteiger partial charge in [0.25, 0.3) is 0 Å². The number of hydrogen-bond acceptors (Lipinski definition) is 4. The summed E-state index contributed by atoms with van der Waals surface area (Å²) in [5.74, 6) is -2.01. The average molecular weight is 286 g/mol. The van der Waals surface area contributed by atoms with Crippen molar-refractivity contribution >= 4 is 5.69 Å². The summed E-state index contributed by atoms with van der Waals surface area (Å²) in [6, 6.07) is 1.42. The molecule has 0 amide bonds. The van der Waals surface area contributed by atoms with E-state index in [4.69, 9.17) is 0 Å². The Morgan fingerprint density at radius 2 is 1.95 bits per heavy atom. The van der Waals surface area contributed by atoms with E-state index in [1.165, 1.54) is 0 Å². The SMILES string of the molecule is O=[N+]([O-])c1cc(CNC2(CO)CCCC2)c(F)cc1F. The molecule has 5 nitrogen and oxygen atoms in total. The molecule has 2 rings (SSSR count). The lowest BCUT2D eigenvalue weighted by atomic mass is 9.98. The lowest BCUT2D eigenvalue weighted by molar-refractivity contribution is -0.387. The van der Waals surface area contributed by atoms with Crippen molar-refractivity contribution in [1.82, 2.24) is 5.32 Å². The van der Waals surface area contributed by atoms with E-state index in [2.05, 4.69) is 5.32 Å². The molecule has 1 fully saturated rings. The minimum atomic E-state index is -1.19. The van der Waals surface area contributed by atoms with Crippen molar-refractivity contribution in [1.29, 1.82) is 0 Å². The Labute approximate surface area is 114 Å². The van der Waals surface area contributed by atoms with E-state index >= 15 is 0 Å². The maximum atomic E-state index is 13.6. The molecule has 1 aromatic rings. The molecule has 0 spiro atoms. The van der Waals surface area contributed by atoms with Gasteiger partial charge < -0.3 is 10.4 Å². The van der Waals surface area contributed by atoms with Gasteiger partial charge in [-0.25, -0.2) is 4.39 Å². The van der Waals surface area contributed by atoms with Gasteiger partial charge in [-0.3, -0.25) is 10.1 Å². The second-order valence-electron chi connectivity index (χ2n) is 5.15. The van der Waals surface area contributed by atoms with Crippen molar-refractivity contribution in [3.05, 3.63) is 39.4 Å². The Kier molecular flexibility index (Phi) is 4.29. The highest BCUT2D eigenvalue weighted by atomic mass is 19.1. The van der Waals surface area contributed by atoms with Crippen molar-refractivity contribution in [2.24, 2.45) is 0 Å². The Hall–Kier alpha value is -1.60. The Bertz CT molecular complexity index is 517. The summed E-state index contributed by atoms with van der Waals surface area (Å²) in [5.41, 5.74) is -1.18. The van der Waals surface area contributed by atoms with Crippen LogP contribution in [0.4, 0.5) is 14.5 Å². The fourth-order valence-electron chi connectivity index (χ4n) is 2.58. The van der Waals surface area contributed by atoms with Crippen LogP contribution in [-0.2, 0) is 6.54 Å². The predicted octanol–water partition coefficient (Wildman–Crippen LogP) is 2.27. The third kappa shape index (κ3) is 2.94. The highest BCUT2D eigenvalue weighted by Crippen LogP contribution is 2.30. The molecule has 0 saturated heterocycles. The highest BCUT2D eigenvalue weighted by molar-refractivity contribution is 5.37. The third-order valence-corrected chi connectivity index (χ3v) is 3.83. The number of aliphatic hydroxyl groups is 1. The number of aliphatic hydroxyl groups excluding tert-OH is 1. The Balaban J connectivity index is 2.17. The van der Waals surface area contributed by atoms with Crippen molar-refractivity contribution in [2.45, 2.75) is 37.8 Å². The van der Waals surface area contributed by atoms with Crippen LogP contribution >= 0.6 is 0 Å². The molecule has 1 saturated carbocycles. The highest BCUT2D eigenvalue weighted by Gasteiger charge is 2.32. The first kappa shape index (κ1) is 14.8. The fraction of sp³-hybridized carbons (Fsp3) is 0.538. The molecule has 1 aliphatic rings. The number of halogens is 2. The van der Waals surface area contributed by atoms with Gasteiger partial charge in [-0.05, 0) is 12.8 Å². The summed E-state index contributed by atoms with van der Waals surface area (Å²) >= 11 is 0. The zero-order valence-corrected chi connectivity index (χ0v) is 10.9. The number of rotatable bonds is 5. The molecule has 0 atom stereocenters. The maximum absolute atomic E-state index is 13.6. The lowest BCUT2D eigenvalue weighted by Gasteiger charge is -2.28. The number of nitro groups is 1. The van der Waals surface area contributed by atoms with E-state index in [9.17, 15) is 24.0 Å². The van der Waals surface area contributed by atoms with Crippen LogP contribution < -0.4 is 5.32 Å². The molecule has 0 aromatic heterocycles. The lowest BCUT2D eigenvalue weighted by Crippen LogP contribution is -2.45. The van der Waals surface area contributed by atoms with Gasteiger partial charge in [-0.2, -0.15) is 4.39 Å². The number of hydrogen-bond donors (Lipinski definition) is 2. The van der Waals surface area contributed by atoms with Crippen molar-refractivity contribution in [2.75, 3.05) is 6.61 Å². The van der Waals surface area contributed by atoms with E-state index in [1.807, 2.05) is 0 Å². The standard InChI is InChI=1S/C13H16F2N2O3/c14-10-6-11(15)12(17(19)20)5-9(10)7-16-13(8-18)3-1-2-4-13/h5-6,16,18H,1-4,7-8H2. The first-order valence-electron chi connectivity index (χ1n) is 6.46. The molecule has 0 heterocycles.